The highest BCUT2D eigenvalue weighted by atomic mass is 79.9. The largest absolute Gasteiger partial charge is 0.507 e. The quantitative estimate of drug-likeness (QED) is 0.631. The van der Waals surface area contributed by atoms with E-state index in [4.69, 9.17) is 0 Å². The van der Waals surface area contributed by atoms with Crippen molar-refractivity contribution in [1.82, 2.24) is 9.97 Å². The zero-order valence-corrected chi connectivity index (χ0v) is 11.8. The summed E-state index contributed by atoms with van der Waals surface area (Å²) in [5, 5.41) is 9.77. The van der Waals surface area contributed by atoms with Crippen LogP contribution in [0.3, 0.4) is 0 Å². The van der Waals surface area contributed by atoms with Crippen molar-refractivity contribution >= 4 is 38.9 Å². The number of nitrogens with one attached hydrogen (secondary N) is 2. The molecule has 6 heteroatoms. The summed E-state index contributed by atoms with van der Waals surface area (Å²) >= 11 is 3.36. The van der Waals surface area contributed by atoms with Gasteiger partial charge in [0.2, 0.25) is 0 Å². The third-order valence-corrected chi connectivity index (χ3v) is 3.56. The van der Waals surface area contributed by atoms with Crippen molar-refractivity contribution in [3.8, 4) is 5.75 Å². The van der Waals surface area contributed by atoms with Crippen LogP contribution < -0.4 is 5.69 Å². The Labute approximate surface area is 122 Å². The predicted molar refractivity (Wildman–Crippen MR) is 82.0 cm³/mol. The van der Waals surface area contributed by atoms with Gasteiger partial charge < -0.3 is 15.1 Å². The highest BCUT2D eigenvalue weighted by Gasteiger charge is 2.03. The fourth-order valence-electron chi connectivity index (χ4n) is 1.89. The topological polar surface area (TPSA) is 81.2 Å². The average molecular weight is 332 g/mol. The number of phenols is 1. The molecule has 0 spiro atoms. The number of nitrogens with zero attached hydrogens (tertiary/aromatic N) is 1. The molecule has 100 valence electrons. The molecule has 0 saturated heterocycles. The first-order chi connectivity index (χ1) is 9.63. The van der Waals surface area contributed by atoms with Gasteiger partial charge in [-0.25, -0.2) is 4.79 Å². The first kappa shape index (κ1) is 12.7. The number of aromatic nitrogens is 2. The van der Waals surface area contributed by atoms with Gasteiger partial charge in [-0.15, -0.1) is 0 Å². The van der Waals surface area contributed by atoms with Crippen LogP contribution in [0.4, 0.5) is 5.69 Å². The Morgan fingerprint density at radius 3 is 2.75 bits per heavy atom. The Bertz CT molecular complexity index is 844. The molecule has 1 aromatic heterocycles. The first-order valence-electron chi connectivity index (χ1n) is 5.87. The molecular formula is C14H10BrN3O2. The van der Waals surface area contributed by atoms with E-state index in [9.17, 15) is 9.90 Å². The third kappa shape index (κ3) is 2.37. The summed E-state index contributed by atoms with van der Waals surface area (Å²) in [6, 6.07) is 10.5. The Morgan fingerprint density at radius 2 is 1.95 bits per heavy atom. The molecule has 2 aromatic carbocycles. The van der Waals surface area contributed by atoms with Gasteiger partial charge in [-0.3, -0.25) is 4.99 Å². The summed E-state index contributed by atoms with van der Waals surface area (Å²) in [7, 11) is 0. The number of H-pyrrole nitrogens is 2. The Kier molecular flexibility index (Phi) is 3.15. The number of benzene rings is 2. The van der Waals surface area contributed by atoms with E-state index < -0.39 is 0 Å². The number of fused-ring (bicyclic) bond motifs is 1. The Balaban J connectivity index is 2.00. The maximum atomic E-state index is 11.2. The molecule has 5 nitrogen and oxygen atoms in total. The minimum absolute atomic E-state index is 0.152. The number of hydrogen-bond acceptors (Lipinski definition) is 3. The van der Waals surface area contributed by atoms with E-state index in [1.807, 2.05) is 6.07 Å². The average Bonchev–Trinajstić information content (AvgIpc) is 2.77. The number of aliphatic imine (C=N–C) groups is 1. The van der Waals surface area contributed by atoms with E-state index in [-0.39, 0.29) is 11.4 Å². The molecule has 1 heterocycles. The third-order valence-electron chi connectivity index (χ3n) is 2.87. The standard InChI is InChI=1S/C14H10BrN3O2/c15-10-2-1-3-13(19)9(10)7-16-8-4-5-11-12(6-8)18-14(20)17-11/h1-7,19H,(H2,17,18,20). The number of imidazole rings is 1. The maximum absolute atomic E-state index is 11.2. The molecular weight excluding hydrogens is 322 g/mol. The fraction of sp³-hybridized carbons (Fsp3) is 0. The van der Waals surface area contributed by atoms with Gasteiger partial charge in [-0.1, -0.05) is 6.07 Å². The van der Waals surface area contributed by atoms with Gasteiger partial charge in [0.15, 0.2) is 0 Å². The second kappa shape index (κ2) is 4.97. The normalized spacial score (nSPS) is 11.4. The van der Waals surface area contributed by atoms with E-state index in [0.717, 1.165) is 9.99 Å². The van der Waals surface area contributed by atoms with Gasteiger partial charge in [0, 0.05) is 16.3 Å². The number of halogens is 1. The van der Waals surface area contributed by atoms with E-state index in [2.05, 4.69) is 30.9 Å². The van der Waals surface area contributed by atoms with Gasteiger partial charge in [-0.2, -0.15) is 0 Å². The number of phenolic OH excluding ortho intramolecular Hbond substituents is 1. The fourth-order valence-corrected chi connectivity index (χ4v) is 2.35. The van der Waals surface area contributed by atoms with E-state index >= 15 is 0 Å². The monoisotopic (exact) mass is 331 g/mol. The smallest absolute Gasteiger partial charge is 0.323 e. The summed E-state index contributed by atoms with van der Waals surface area (Å²) in [4.78, 5) is 20.8. The van der Waals surface area contributed by atoms with Gasteiger partial charge in [0.05, 0.1) is 16.7 Å². The molecule has 0 aliphatic heterocycles. The molecule has 3 N–H and O–H groups in total. The Hall–Kier alpha value is -2.34. The van der Waals surface area contributed by atoms with Gasteiger partial charge >= 0.3 is 5.69 Å². The minimum atomic E-state index is -0.246. The van der Waals surface area contributed by atoms with Crippen LogP contribution >= 0.6 is 15.9 Å². The van der Waals surface area contributed by atoms with E-state index in [1.165, 1.54) is 0 Å². The van der Waals surface area contributed by atoms with Crippen LogP contribution in [0.5, 0.6) is 5.75 Å². The van der Waals surface area contributed by atoms with Gasteiger partial charge in [0.1, 0.15) is 5.75 Å². The predicted octanol–water partition coefficient (Wildman–Crippen LogP) is 3.07. The molecule has 0 radical (unpaired) electrons. The highest BCUT2D eigenvalue weighted by molar-refractivity contribution is 9.10. The molecule has 20 heavy (non-hydrogen) atoms. The van der Waals surface area contributed by atoms with Crippen molar-refractivity contribution in [2.45, 2.75) is 0 Å². The summed E-state index contributed by atoms with van der Waals surface area (Å²) in [6.45, 7) is 0. The summed E-state index contributed by atoms with van der Waals surface area (Å²) < 4.78 is 0.761. The maximum Gasteiger partial charge on any atom is 0.323 e. The number of rotatable bonds is 2. The van der Waals surface area contributed by atoms with Crippen LogP contribution in [0.25, 0.3) is 11.0 Å². The van der Waals surface area contributed by atoms with Crippen molar-refractivity contribution in [1.29, 1.82) is 0 Å². The minimum Gasteiger partial charge on any atom is -0.507 e. The molecule has 0 saturated carbocycles. The molecule has 3 aromatic rings. The second-order valence-corrected chi connectivity index (χ2v) is 5.09. The molecule has 0 atom stereocenters. The lowest BCUT2D eigenvalue weighted by Gasteiger charge is -2.01. The van der Waals surface area contributed by atoms with Crippen molar-refractivity contribution < 1.29 is 5.11 Å². The summed E-state index contributed by atoms with van der Waals surface area (Å²) in [6.07, 6.45) is 1.57. The molecule has 0 aliphatic carbocycles. The van der Waals surface area contributed by atoms with E-state index in [0.29, 0.717) is 16.8 Å². The molecule has 3 rings (SSSR count). The molecule has 0 bridgehead atoms. The lowest BCUT2D eigenvalue weighted by atomic mass is 10.2. The van der Waals surface area contributed by atoms with Crippen LogP contribution in [-0.4, -0.2) is 21.3 Å². The summed E-state index contributed by atoms with van der Waals surface area (Å²) in [5.41, 5.74) is 2.47. The van der Waals surface area contributed by atoms with Gasteiger partial charge in [-0.05, 0) is 46.3 Å². The van der Waals surface area contributed by atoms with Crippen LogP contribution in [0.2, 0.25) is 0 Å². The van der Waals surface area contributed by atoms with Crippen LogP contribution in [0.15, 0.2) is 50.7 Å². The number of aromatic hydroxyl groups is 1. The lowest BCUT2D eigenvalue weighted by Crippen LogP contribution is -1.99. The second-order valence-electron chi connectivity index (χ2n) is 4.24. The van der Waals surface area contributed by atoms with E-state index in [1.54, 1.807) is 36.5 Å². The number of aromatic amines is 2. The van der Waals surface area contributed by atoms with Crippen molar-refractivity contribution in [2.75, 3.05) is 0 Å². The zero-order valence-electron chi connectivity index (χ0n) is 10.2. The number of hydrogen-bond donors (Lipinski definition) is 3. The van der Waals surface area contributed by atoms with Crippen molar-refractivity contribution in [3.05, 3.63) is 56.9 Å². The van der Waals surface area contributed by atoms with Crippen molar-refractivity contribution in [2.24, 2.45) is 4.99 Å². The zero-order chi connectivity index (χ0) is 14.1. The SMILES string of the molecule is O=c1[nH]c2ccc(N=Cc3c(O)cccc3Br)cc2[nH]1. The Morgan fingerprint density at radius 1 is 1.15 bits per heavy atom. The highest BCUT2D eigenvalue weighted by Crippen LogP contribution is 2.25. The van der Waals surface area contributed by atoms with Crippen molar-refractivity contribution in [3.63, 3.8) is 0 Å². The first-order valence-corrected chi connectivity index (χ1v) is 6.66. The lowest BCUT2D eigenvalue weighted by molar-refractivity contribution is 0.474. The van der Waals surface area contributed by atoms with Crippen LogP contribution in [-0.2, 0) is 0 Å². The van der Waals surface area contributed by atoms with Gasteiger partial charge in [0.25, 0.3) is 0 Å². The molecule has 0 unspecified atom stereocenters. The molecule has 0 aliphatic rings. The molecule has 0 fully saturated rings. The van der Waals surface area contributed by atoms with Crippen LogP contribution in [0, 0.1) is 0 Å². The molecule has 0 amide bonds. The van der Waals surface area contributed by atoms with Crippen LogP contribution in [0.1, 0.15) is 5.56 Å². The summed E-state index contributed by atoms with van der Waals surface area (Å²) in [5.74, 6) is 0.152.